The zero-order valence-electron chi connectivity index (χ0n) is 12.6. The molecule has 1 amide bonds. The van der Waals surface area contributed by atoms with Gasteiger partial charge in [-0.2, -0.15) is 0 Å². The van der Waals surface area contributed by atoms with Crippen LogP contribution < -0.4 is 4.90 Å². The lowest BCUT2D eigenvalue weighted by molar-refractivity contribution is 0.0742. The smallest absolute Gasteiger partial charge is 0.257 e. The fraction of sp³-hybridized carbons (Fsp3) is 0.235. The SMILES string of the molecule is O=C(c1ccc(F)c(Cl)c1F)N1CCN(c2ccc(F)cc2)CC1. The van der Waals surface area contributed by atoms with E-state index in [9.17, 15) is 18.0 Å². The van der Waals surface area contributed by atoms with Gasteiger partial charge in [-0.15, -0.1) is 0 Å². The molecular formula is C17H14ClF3N2O. The molecule has 1 saturated heterocycles. The van der Waals surface area contributed by atoms with Crippen molar-refractivity contribution in [3.05, 3.63) is 64.4 Å². The molecule has 0 N–H and O–H groups in total. The van der Waals surface area contributed by atoms with Gasteiger partial charge in [-0.25, -0.2) is 13.2 Å². The molecule has 1 aliphatic heterocycles. The van der Waals surface area contributed by atoms with E-state index >= 15 is 0 Å². The molecule has 0 unspecified atom stereocenters. The van der Waals surface area contributed by atoms with Crippen molar-refractivity contribution in [1.82, 2.24) is 4.90 Å². The molecule has 1 heterocycles. The minimum absolute atomic E-state index is 0.239. The average Bonchev–Trinajstić information content (AvgIpc) is 2.60. The number of amides is 1. The quantitative estimate of drug-likeness (QED) is 0.767. The maximum atomic E-state index is 14.0. The van der Waals surface area contributed by atoms with Crippen LogP contribution in [-0.4, -0.2) is 37.0 Å². The molecule has 3 nitrogen and oxygen atoms in total. The predicted octanol–water partition coefficient (Wildman–Crippen LogP) is 3.72. The Labute approximate surface area is 142 Å². The summed E-state index contributed by atoms with van der Waals surface area (Å²) in [5.74, 6) is -2.76. The van der Waals surface area contributed by atoms with Gasteiger partial charge >= 0.3 is 0 Å². The van der Waals surface area contributed by atoms with Crippen LogP contribution in [0.2, 0.25) is 5.02 Å². The molecule has 24 heavy (non-hydrogen) atoms. The summed E-state index contributed by atoms with van der Waals surface area (Å²) < 4.78 is 40.1. The van der Waals surface area contributed by atoms with Gasteiger partial charge in [-0.3, -0.25) is 4.79 Å². The summed E-state index contributed by atoms with van der Waals surface area (Å²) in [6.07, 6.45) is 0. The van der Waals surface area contributed by atoms with Crippen LogP contribution in [0.5, 0.6) is 0 Å². The fourth-order valence-corrected chi connectivity index (χ4v) is 2.85. The van der Waals surface area contributed by atoms with Crippen molar-refractivity contribution in [3.63, 3.8) is 0 Å². The van der Waals surface area contributed by atoms with Crippen molar-refractivity contribution in [2.24, 2.45) is 0 Å². The van der Waals surface area contributed by atoms with E-state index in [4.69, 9.17) is 11.6 Å². The predicted molar refractivity (Wildman–Crippen MR) is 85.9 cm³/mol. The van der Waals surface area contributed by atoms with Gasteiger partial charge in [0.2, 0.25) is 0 Å². The number of hydrogen-bond donors (Lipinski definition) is 0. The summed E-state index contributed by atoms with van der Waals surface area (Å²) in [4.78, 5) is 15.9. The molecule has 0 aliphatic carbocycles. The third kappa shape index (κ3) is 3.19. The Hall–Kier alpha value is -2.21. The average molecular weight is 355 g/mol. The standard InChI is InChI=1S/C17H14ClF3N2O/c18-15-14(20)6-5-13(16(15)21)17(24)23-9-7-22(8-10-23)12-3-1-11(19)2-4-12/h1-6H,7-10H2. The number of halogens is 4. The summed E-state index contributed by atoms with van der Waals surface area (Å²) in [6, 6.07) is 8.18. The number of rotatable bonds is 2. The molecule has 0 aromatic heterocycles. The summed E-state index contributed by atoms with van der Waals surface area (Å²) in [6.45, 7) is 1.83. The molecule has 126 valence electrons. The number of anilines is 1. The topological polar surface area (TPSA) is 23.6 Å². The summed E-state index contributed by atoms with van der Waals surface area (Å²) >= 11 is 5.52. The van der Waals surface area contributed by atoms with Gasteiger partial charge in [0.05, 0.1) is 5.56 Å². The molecule has 1 aliphatic rings. The van der Waals surface area contributed by atoms with Gasteiger partial charge in [0, 0.05) is 31.9 Å². The third-order valence-corrected chi connectivity index (χ3v) is 4.37. The number of nitrogens with zero attached hydrogens (tertiary/aromatic N) is 2. The second-order valence-electron chi connectivity index (χ2n) is 5.48. The molecule has 7 heteroatoms. The monoisotopic (exact) mass is 354 g/mol. The van der Waals surface area contributed by atoms with Crippen molar-refractivity contribution in [3.8, 4) is 0 Å². The van der Waals surface area contributed by atoms with Crippen molar-refractivity contribution in [1.29, 1.82) is 0 Å². The molecular weight excluding hydrogens is 341 g/mol. The maximum absolute atomic E-state index is 14.0. The Bertz CT molecular complexity index is 759. The molecule has 0 atom stereocenters. The molecule has 3 rings (SSSR count). The molecule has 0 saturated carbocycles. The molecule has 2 aromatic rings. The van der Waals surface area contributed by atoms with E-state index in [0.29, 0.717) is 26.2 Å². The lowest BCUT2D eigenvalue weighted by Gasteiger charge is -2.36. The Kier molecular flexibility index (Phi) is 4.66. The lowest BCUT2D eigenvalue weighted by Crippen LogP contribution is -2.49. The number of benzene rings is 2. The zero-order valence-corrected chi connectivity index (χ0v) is 13.4. The lowest BCUT2D eigenvalue weighted by atomic mass is 10.1. The van der Waals surface area contributed by atoms with Crippen molar-refractivity contribution >= 4 is 23.2 Å². The summed E-state index contributed by atoms with van der Waals surface area (Å²) in [5, 5.41) is -0.675. The van der Waals surface area contributed by atoms with Crippen LogP contribution in [-0.2, 0) is 0 Å². The second-order valence-corrected chi connectivity index (χ2v) is 5.86. The first-order valence-corrected chi connectivity index (χ1v) is 7.78. The van der Waals surface area contributed by atoms with Gasteiger partial charge in [-0.05, 0) is 36.4 Å². The van der Waals surface area contributed by atoms with Gasteiger partial charge in [0.1, 0.15) is 16.7 Å². The zero-order chi connectivity index (χ0) is 17.3. The highest BCUT2D eigenvalue weighted by Gasteiger charge is 2.26. The largest absolute Gasteiger partial charge is 0.368 e. The van der Waals surface area contributed by atoms with E-state index in [1.807, 2.05) is 4.90 Å². The van der Waals surface area contributed by atoms with E-state index in [-0.39, 0.29) is 11.4 Å². The first-order chi connectivity index (χ1) is 11.5. The van der Waals surface area contributed by atoms with Crippen LogP contribution in [0.15, 0.2) is 36.4 Å². The van der Waals surface area contributed by atoms with Crippen LogP contribution in [0.3, 0.4) is 0 Å². The van der Waals surface area contributed by atoms with E-state index in [2.05, 4.69) is 0 Å². The minimum Gasteiger partial charge on any atom is -0.368 e. The number of piperazine rings is 1. The Balaban J connectivity index is 1.69. The van der Waals surface area contributed by atoms with Crippen LogP contribution in [0, 0.1) is 17.5 Å². The first kappa shape index (κ1) is 16.6. The van der Waals surface area contributed by atoms with Crippen LogP contribution in [0.1, 0.15) is 10.4 Å². The van der Waals surface area contributed by atoms with Crippen molar-refractivity contribution in [2.75, 3.05) is 31.1 Å². The highest BCUT2D eigenvalue weighted by molar-refractivity contribution is 6.31. The van der Waals surface area contributed by atoms with E-state index in [1.165, 1.54) is 17.0 Å². The highest BCUT2D eigenvalue weighted by atomic mass is 35.5. The molecule has 0 spiro atoms. The van der Waals surface area contributed by atoms with E-state index in [1.54, 1.807) is 12.1 Å². The van der Waals surface area contributed by atoms with Gasteiger partial charge < -0.3 is 9.80 Å². The highest BCUT2D eigenvalue weighted by Crippen LogP contribution is 2.24. The second kappa shape index (κ2) is 6.73. The normalized spacial score (nSPS) is 14.8. The molecule has 1 fully saturated rings. The fourth-order valence-electron chi connectivity index (χ4n) is 2.68. The Morgan fingerprint density at radius 1 is 0.917 bits per heavy atom. The molecule has 0 radical (unpaired) electrons. The number of hydrogen-bond acceptors (Lipinski definition) is 2. The van der Waals surface area contributed by atoms with E-state index < -0.39 is 22.6 Å². The van der Waals surface area contributed by atoms with Gasteiger partial charge in [0.25, 0.3) is 5.91 Å². The van der Waals surface area contributed by atoms with Crippen LogP contribution >= 0.6 is 11.6 Å². The maximum Gasteiger partial charge on any atom is 0.257 e. The molecule has 0 bridgehead atoms. The molecule has 2 aromatic carbocycles. The van der Waals surface area contributed by atoms with Crippen molar-refractivity contribution < 1.29 is 18.0 Å². The first-order valence-electron chi connectivity index (χ1n) is 7.40. The minimum atomic E-state index is -1.04. The third-order valence-electron chi connectivity index (χ3n) is 4.02. The van der Waals surface area contributed by atoms with Crippen LogP contribution in [0.4, 0.5) is 18.9 Å². The Morgan fingerprint density at radius 3 is 2.17 bits per heavy atom. The number of carbonyl (C=O) groups excluding carboxylic acids is 1. The van der Waals surface area contributed by atoms with Gasteiger partial charge in [0.15, 0.2) is 5.82 Å². The number of carbonyl (C=O) groups is 1. The van der Waals surface area contributed by atoms with Gasteiger partial charge in [-0.1, -0.05) is 11.6 Å². The summed E-state index contributed by atoms with van der Waals surface area (Å²) in [7, 11) is 0. The van der Waals surface area contributed by atoms with Crippen LogP contribution in [0.25, 0.3) is 0 Å². The van der Waals surface area contributed by atoms with Crippen molar-refractivity contribution in [2.45, 2.75) is 0 Å². The Morgan fingerprint density at radius 2 is 1.54 bits per heavy atom. The van der Waals surface area contributed by atoms with E-state index in [0.717, 1.165) is 17.8 Å². The summed E-state index contributed by atoms with van der Waals surface area (Å²) in [5.41, 5.74) is 0.621.